The number of aromatic nitrogens is 3. The first-order valence-corrected chi connectivity index (χ1v) is 7.89. The number of sulfonamides is 1. The highest BCUT2D eigenvalue weighted by atomic mass is 32.2. The molecule has 0 amide bonds. The zero-order chi connectivity index (χ0) is 12.6. The van der Waals surface area contributed by atoms with E-state index in [1.165, 1.54) is 15.6 Å². The van der Waals surface area contributed by atoms with Gasteiger partial charge in [0.1, 0.15) is 4.21 Å². The molecule has 1 saturated heterocycles. The van der Waals surface area contributed by atoms with Crippen LogP contribution in [0.5, 0.6) is 0 Å². The molecule has 0 N–H and O–H groups in total. The SMILES string of the molecule is O=S(=O)(c1cccs1)N1CCC(n2nccn2)C1. The van der Waals surface area contributed by atoms with E-state index < -0.39 is 10.0 Å². The summed E-state index contributed by atoms with van der Waals surface area (Å²) in [5.74, 6) is 0. The maximum Gasteiger partial charge on any atom is 0.252 e. The van der Waals surface area contributed by atoms with E-state index in [9.17, 15) is 8.42 Å². The standard InChI is InChI=1S/C10H12N4O2S2/c15-18(16,10-2-1-7-17-10)13-6-3-9(8-13)14-11-4-5-12-14/h1-2,4-5,7,9H,3,6,8H2. The Morgan fingerprint density at radius 1 is 1.33 bits per heavy atom. The molecule has 3 heterocycles. The molecular weight excluding hydrogens is 272 g/mol. The average Bonchev–Trinajstić information content (AvgIpc) is 3.12. The van der Waals surface area contributed by atoms with Crippen LogP contribution < -0.4 is 0 Å². The average molecular weight is 284 g/mol. The lowest BCUT2D eigenvalue weighted by atomic mass is 10.3. The van der Waals surface area contributed by atoms with Crippen molar-refractivity contribution >= 4 is 21.4 Å². The molecule has 1 fully saturated rings. The minimum atomic E-state index is -3.34. The van der Waals surface area contributed by atoms with Crippen LogP contribution in [-0.4, -0.2) is 40.8 Å². The highest BCUT2D eigenvalue weighted by Crippen LogP contribution is 2.28. The topological polar surface area (TPSA) is 68.1 Å². The van der Waals surface area contributed by atoms with Gasteiger partial charge in [-0.15, -0.1) is 11.3 Å². The number of rotatable bonds is 3. The summed E-state index contributed by atoms with van der Waals surface area (Å²) in [7, 11) is -3.34. The van der Waals surface area contributed by atoms with Crippen LogP contribution in [0, 0.1) is 0 Å². The first-order chi connectivity index (χ1) is 8.68. The zero-order valence-electron chi connectivity index (χ0n) is 9.51. The van der Waals surface area contributed by atoms with E-state index in [1.807, 2.05) is 0 Å². The predicted octanol–water partition coefficient (Wildman–Crippen LogP) is 0.975. The third-order valence-electron chi connectivity index (χ3n) is 2.98. The van der Waals surface area contributed by atoms with Gasteiger partial charge in [0.15, 0.2) is 0 Å². The van der Waals surface area contributed by atoms with E-state index >= 15 is 0 Å². The molecule has 0 spiro atoms. The van der Waals surface area contributed by atoms with Crippen LogP contribution in [0.1, 0.15) is 12.5 Å². The van der Waals surface area contributed by atoms with Crippen molar-refractivity contribution in [3.8, 4) is 0 Å². The molecule has 1 unspecified atom stereocenters. The van der Waals surface area contributed by atoms with Gasteiger partial charge in [-0.2, -0.15) is 19.3 Å². The molecule has 0 bridgehead atoms. The monoisotopic (exact) mass is 284 g/mol. The Morgan fingerprint density at radius 3 is 2.78 bits per heavy atom. The van der Waals surface area contributed by atoms with E-state index in [4.69, 9.17) is 0 Å². The maximum atomic E-state index is 12.3. The highest BCUT2D eigenvalue weighted by molar-refractivity contribution is 7.91. The second kappa shape index (κ2) is 4.45. The number of thiophene rings is 1. The molecule has 96 valence electrons. The molecule has 2 aromatic heterocycles. The number of hydrogen-bond acceptors (Lipinski definition) is 5. The fraction of sp³-hybridized carbons (Fsp3) is 0.400. The van der Waals surface area contributed by atoms with Crippen molar-refractivity contribution in [2.45, 2.75) is 16.7 Å². The summed E-state index contributed by atoms with van der Waals surface area (Å²) in [4.78, 5) is 1.59. The molecule has 6 nitrogen and oxygen atoms in total. The number of hydrogen-bond donors (Lipinski definition) is 0. The van der Waals surface area contributed by atoms with Gasteiger partial charge >= 0.3 is 0 Å². The fourth-order valence-corrected chi connectivity index (χ4v) is 4.71. The summed E-state index contributed by atoms with van der Waals surface area (Å²) >= 11 is 1.25. The van der Waals surface area contributed by atoms with Gasteiger partial charge in [0.05, 0.1) is 18.4 Å². The van der Waals surface area contributed by atoms with Crippen molar-refractivity contribution < 1.29 is 8.42 Å². The van der Waals surface area contributed by atoms with Gasteiger partial charge in [0.25, 0.3) is 10.0 Å². The van der Waals surface area contributed by atoms with Crippen molar-refractivity contribution in [1.29, 1.82) is 0 Å². The number of nitrogens with zero attached hydrogens (tertiary/aromatic N) is 4. The Hall–Kier alpha value is -1.25. The van der Waals surface area contributed by atoms with Gasteiger partial charge < -0.3 is 0 Å². The zero-order valence-corrected chi connectivity index (χ0v) is 11.1. The third kappa shape index (κ3) is 1.96. The second-order valence-corrected chi connectivity index (χ2v) is 7.20. The normalized spacial score (nSPS) is 21.4. The maximum absolute atomic E-state index is 12.3. The Labute approximate surface area is 109 Å². The first kappa shape index (κ1) is 11.8. The van der Waals surface area contributed by atoms with E-state index in [0.717, 1.165) is 6.42 Å². The summed E-state index contributed by atoms with van der Waals surface area (Å²) in [5, 5.41) is 9.90. The molecule has 18 heavy (non-hydrogen) atoms. The van der Waals surface area contributed by atoms with E-state index in [-0.39, 0.29) is 6.04 Å². The minimum absolute atomic E-state index is 0.0368. The van der Waals surface area contributed by atoms with Gasteiger partial charge in [-0.25, -0.2) is 8.42 Å². The quantitative estimate of drug-likeness (QED) is 0.842. The minimum Gasteiger partial charge on any atom is -0.206 e. The molecule has 0 aromatic carbocycles. The van der Waals surface area contributed by atoms with Gasteiger partial charge in [-0.1, -0.05) is 6.07 Å². The van der Waals surface area contributed by atoms with Crippen molar-refractivity contribution in [2.24, 2.45) is 0 Å². The summed E-state index contributed by atoms with van der Waals surface area (Å²) in [6.45, 7) is 0.960. The molecule has 0 aliphatic carbocycles. The van der Waals surface area contributed by atoms with Crippen LogP contribution in [0.2, 0.25) is 0 Å². The third-order valence-corrected chi connectivity index (χ3v) is 6.22. The van der Waals surface area contributed by atoms with Gasteiger partial charge in [-0.05, 0) is 17.9 Å². The van der Waals surface area contributed by atoms with E-state index in [1.54, 1.807) is 34.7 Å². The summed E-state index contributed by atoms with van der Waals surface area (Å²) in [6, 6.07) is 3.43. The van der Waals surface area contributed by atoms with Crippen LogP contribution in [0.25, 0.3) is 0 Å². The summed E-state index contributed by atoms with van der Waals surface area (Å²) < 4.78 is 26.5. The smallest absolute Gasteiger partial charge is 0.206 e. The lowest BCUT2D eigenvalue weighted by Crippen LogP contribution is -2.29. The van der Waals surface area contributed by atoms with Crippen molar-refractivity contribution in [1.82, 2.24) is 19.3 Å². The van der Waals surface area contributed by atoms with Crippen LogP contribution in [-0.2, 0) is 10.0 Å². The Bertz CT molecular complexity index is 606. The Kier molecular flexibility index (Phi) is 2.92. The molecule has 0 saturated carbocycles. The van der Waals surface area contributed by atoms with Crippen molar-refractivity contribution in [3.63, 3.8) is 0 Å². The lowest BCUT2D eigenvalue weighted by Gasteiger charge is -2.14. The lowest BCUT2D eigenvalue weighted by molar-refractivity contribution is 0.403. The molecule has 8 heteroatoms. The predicted molar refractivity (Wildman–Crippen MR) is 66.8 cm³/mol. The van der Waals surface area contributed by atoms with Crippen LogP contribution in [0.4, 0.5) is 0 Å². The molecule has 3 rings (SSSR count). The van der Waals surface area contributed by atoms with Gasteiger partial charge in [0, 0.05) is 13.1 Å². The Balaban J connectivity index is 1.80. The molecule has 1 aliphatic rings. The fourth-order valence-electron chi connectivity index (χ4n) is 2.07. The largest absolute Gasteiger partial charge is 0.252 e. The van der Waals surface area contributed by atoms with Crippen molar-refractivity contribution in [2.75, 3.05) is 13.1 Å². The van der Waals surface area contributed by atoms with Gasteiger partial charge in [0.2, 0.25) is 0 Å². The summed E-state index contributed by atoms with van der Waals surface area (Å²) in [5.41, 5.74) is 0. The first-order valence-electron chi connectivity index (χ1n) is 5.57. The van der Waals surface area contributed by atoms with Crippen LogP contribution in [0.3, 0.4) is 0 Å². The molecule has 0 radical (unpaired) electrons. The van der Waals surface area contributed by atoms with Crippen LogP contribution >= 0.6 is 11.3 Å². The molecule has 2 aromatic rings. The van der Waals surface area contributed by atoms with Gasteiger partial charge in [-0.3, -0.25) is 0 Å². The van der Waals surface area contributed by atoms with Crippen LogP contribution in [0.15, 0.2) is 34.1 Å². The molecule has 1 aliphatic heterocycles. The Morgan fingerprint density at radius 2 is 2.11 bits per heavy atom. The van der Waals surface area contributed by atoms with Crippen molar-refractivity contribution in [3.05, 3.63) is 29.9 Å². The van der Waals surface area contributed by atoms with E-state index in [0.29, 0.717) is 17.3 Å². The highest BCUT2D eigenvalue weighted by Gasteiger charge is 2.34. The second-order valence-electron chi connectivity index (χ2n) is 4.09. The molecular formula is C10H12N4O2S2. The summed E-state index contributed by atoms with van der Waals surface area (Å²) in [6.07, 6.45) is 3.96. The van der Waals surface area contributed by atoms with E-state index in [2.05, 4.69) is 10.2 Å². The molecule has 1 atom stereocenters.